The first kappa shape index (κ1) is 18.7. The number of nitrogens with two attached hydrogens (primary N) is 1. The minimum absolute atomic E-state index is 0. The van der Waals surface area contributed by atoms with E-state index in [-0.39, 0.29) is 24.9 Å². The Morgan fingerprint density at radius 1 is 1.23 bits per heavy atom. The fourth-order valence-electron chi connectivity index (χ4n) is 1.90. The number of carbonyl (C=O) groups excluding carboxylic acids is 1. The van der Waals surface area contributed by atoms with E-state index in [1.165, 1.54) is 0 Å². The lowest BCUT2D eigenvalue weighted by atomic mass is 10.1. The van der Waals surface area contributed by atoms with E-state index in [2.05, 4.69) is 21.2 Å². The molecule has 0 aliphatic carbocycles. The summed E-state index contributed by atoms with van der Waals surface area (Å²) in [5.74, 6) is 0.492. The predicted molar refractivity (Wildman–Crippen MR) is 95.7 cm³/mol. The van der Waals surface area contributed by atoms with Crippen LogP contribution in [0.3, 0.4) is 0 Å². The summed E-state index contributed by atoms with van der Waals surface area (Å²) in [5.41, 5.74) is 5.16. The molecule has 0 atom stereocenters. The molecule has 22 heavy (non-hydrogen) atoms. The Balaban J connectivity index is 0.00000242. The van der Waals surface area contributed by atoms with E-state index in [1.54, 1.807) is 0 Å². The van der Waals surface area contributed by atoms with Crippen molar-refractivity contribution in [3.63, 3.8) is 0 Å². The largest absolute Gasteiger partial charge is 0.484 e. The quantitative estimate of drug-likeness (QED) is 0.827. The van der Waals surface area contributed by atoms with Gasteiger partial charge in [0.25, 0.3) is 5.91 Å². The molecule has 0 saturated heterocycles. The smallest absolute Gasteiger partial charge is 0.258 e. The zero-order valence-corrected chi connectivity index (χ0v) is 15.0. The van der Waals surface area contributed by atoms with Gasteiger partial charge in [0.1, 0.15) is 5.75 Å². The number of carbonyl (C=O) groups is 1. The topological polar surface area (TPSA) is 64.3 Å². The van der Waals surface area contributed by atoms with Crippen LogP contribution in [0.5, 0.6) is 5.75 Å². The lowest BCUT2D eigenvalue weighted by Gasteiger charge is -2.24. The van der Waals surface area contributed by atoms with E-state index >= 15 is 0 Å². The van der Waals surface area contributed by atoms with Crippen LogP contribution < -0.4 is 15.8 Å². The molecule has 1 amide bonds. The van der Waals surface area contributed by atoms with E-state index in [9.17, 15) is 4.79 Å². The summed E-state index contributed by atoms with van der Waals surface area (Å²) in [6, 6.07) is 11.8. The second-order valence-corrected chi connectivity index (χ2v) is 6.49. The highest BCUT2D eigenvalue weighted by molar-refractivity contribution is 9.10. The van der Waals surface area contributed by atoms with Crippen molar-refractivity contribution in [3.8, 4) is 5.75 Å². The zero-order chi connectivity index (χ0) is 15.5. The highest BCUT2D eigenvalue weighted by atomic mass is 79.9. The molecule has 0 bridgehead atoms. The van der Waals surface area contributed by atoms with Crippen molar-refractivity contribution in [2.45, 2.75) is 19.4 Å². The minimum atomic E-state index is -0.421. The average Bonchev–Trinajstić information content (AvgIpc) is 2.44. The Kier molecular flexibility index (Phi) is 6.66. The van der Waals surface area contributed by atoms with E-state index in [0.717, 1.165) is 15.2 Å². The zero-order valence-electron chi connectivity index (χ0n) is 12.6. The molecule has 0 heterocycles. The minimum Gasteiger partial charge on any atom is -0.484 e. The number of ether oxygens (including phenoxy) is 1. The van der Waals surface area contributed by atoms with Crippen molar-refractivity contribution >= 4 is 45.0 Å². The molecule has 0 aliphatic rings. The first-order valence-electron chi connectivity index (χ1n) is 6.73. The Hall–Kier alpha value is -1.30. The van der Waals surface area contributed by atoms with Gasteiger partial charge < -0.3 is 15.8 Å². The number of fused-ring (bicyclic) bond motifs is 1. The normalized spacial score (nSPS) is 10.9. The van der Waals surface area contributed by atoms with Crippen molar-refractivity contribution in [2.75, 3.05) is 13.2 Å². The number of hydrogen-bond acceptors (Lipinski definition) is 3. The fourth-order valence-corrected chi connectivity index (χ4v) is 2.28. The molecule has 0 fully saturated rings. The molecule has 2 rings (SSSR count). The Bertz CT molecular complexity index is 662. The summed E-state index contributed by atoms with van der Waals surface area (Å²) in [4.78, 5) is 11.8. The van der Waals surface area contributed by atoms with Crippen LogP contribution >= 0.6 is 28.3 Å². The molecular weight excluding hydrogens is 368 g/mol. The number of nitrogens with one attached hydrogen (secondary N) is 1. The van der Waals surface area contributed by atoms with Crippen LogP contribution in [0.4, 0.5) is 0 Å². The van der Waals surface area contributed by atoms with Gasteiger partial charge in [0.2, 0.25) is 0 Å². The van der Waals surface area contributed by atoms with Gasteiger partial charge in [-0.05, 0) is 48.9 Å². The average molecular weight is 388 g/mol. The molecule has 0 saturated carbocycles. The first-order chi connectivity index (χ1) is 9.89. The summed E-state index contributed by atoms with van der Waals surface area (Å²) in [6.45, 7) is 4.10. The summed E-state index contributed by atoms with van der Waals surface area (Å²) in [7, 11) is 0. The third kappa shape index (κ3) is 5.16. The molecule has 4 nitrogen and oxygen atoms in total. The third-order valence-corrected chi connectivity index (χ3v) is 3.63. The number of rotatable bonds is 5. The number of halogens is 2. The number of benzene rings is 2. The molecule has 120 valence electrons. The summed E-state index contributed by atoms with van der Waals surface area (Å²) in [5, 5.41) is 5.01. The van der Waals surface area contributed by atoms with Crippen molar-refractivity contribution in [1.29, 1.82) is 0 Å². The monoisotopic (exact) mass is 386 g/mol. The van der Waals surface area contributed by atoms with Crippen molar-refractivity contribution in [3.05, 3.63) is 40.9 Å². The molecule has 3 N–H and O–H groups in total. The van der Waals surface area contributed by atoms with Crippen molar-refractivity contribution < 1.29 is 9.53 Å². The lowest BCUT2D eigenvalue weighted by molar-refractivity contribution is -0.124. The van der Waals surface area contributed by atoms with Crippen molar-refractivity contribution in [2.24, 2.45) is 5.73 Å². The van der Waals surface area contributed by atoms with Crippen LogP contribution in [-0.4, -0.2) is 24.6 Å². The van der Waals surface area contributed by atoms with Crippen LogP contribution in [0.2, 0.25) is 0 Å². The van der Waals surface area contributed by atoms with Crippen molar-refractivity contribution in [1.82, 2.24) is 5.32 Å². The van der Waals surface area contributed by atoms with Crippen LogP contribution in [0.15, 0.2) is 40.9 Å². The van der Waals surface area contributed by atoms with E-state index < -0.39 is 5.54 Å². The van der Waals surface area contributed by atoms with Crippen LogP contribution in [-0.2, 0) is 4.79 Å². The maximum absolute atomic E-state index is 11.8. The Morgan fingerprint density at radius 2 is 1.86 bits per heavy atom. The lowest BCUT2D eigenvalue weighted by Crippen LogP contribution is -2.50. The molecule has 0 aromatic heterocycles. The SMILES string of the molecule is CC(C)(CN)NC(=O)COc1ccc2cc(Br)ccc2c1.Cl. The van der Waals surface area contributed by atoms with E-state index in [1.807, 2.05) is 50.2 Å². The molecule has 0 unspecified atom stereocenters. The van der Waals surface area contributed by atoms with Crippen LogP contribution in [0, 0.1) is 0 Å². The van der Waals surface area contributed by atoms with Gasteiger partial charge in [0, 0.05) is 16.6 Å². The maximum Gasteiger partial charge on any atom is 0.258 e. The number of hydrogen-bond donors (Lipinski definition) is 2. The number of amides is 1. The second kappa shape index (κ2) is 7.81. The van der Waals surface area contributed by atoms with Gasteiger partial charge in [-0.15, -0.1) is 12.4 Å². The molecule has 6 heteroatoms. The third-order valence-electron chi connectivity index (χ3n) is 3.13. The molecule has 0 radical (unpaired) electrons. The summed E-state index contributed by atoms with van der Waals surface area (Å²) in [6.07, 6.45) is 0. The second-order valence-electron chi connectivity index (χ2n) is 5.58. The van der Waals surface area contributed by atoms with E-state index in [0.29, 0.717) is 12.3 Å². The summed E-state index contributed by atoms with van der Waals surface area (Å²) >= 11 is 3.44. The summed E-state index contributed by atoms with van der Waals surface area (Å²) < 4.78 is 6.57. The fraction of sp³-hybridized carbons (Fsp3) is 0.312. The van der Waals surface area contributed by atoms with E-state index in [4.69, 9.17) is 10.5 Å². The Labute approximate surface area is 144 Å². The molecule has 2 aromatic rings. The van der Waals surface area contributed by atoms with Gasteiger partial charge in [-0.1, -0.05) is 28.1 Å². The van der Waals surface area contributed by atoms with Gasteiger partial charge in [-0.2, -0.15) is 0 Å². The van der Waals surface area contributed by atoms with Gasteiger partial charge in [-0.25, -0.2) is 0 Å². The maximum atomic E-state index is 11.8. The molecular formula is C16H20BrClN2O2. The standard InChI is InChI=1S/C16H19BrN2O2.ClH/c1-16(2,10-18)19-15(20)9-21-14-6-4-11-7-13(17)5-3-12(11)8-14;/h3-8H,9-10,18H2,1-2H3,(H,19,20);1H. The highest BCUT2D eigenvalue weighted by Crippen LogP contribution is 2.24. The molecule has 2 aromatic carbocycles. The predicted octanol–water partition coefficient (Wildman–Crippen LogP) is 3.26. The first-order valence-corrected chi connectivity index (χ1v) is 7.52. The van der Waals surface area contributed by atoms with Gasteiger partial charge in [0.05, 0.1) is 0 Å². The molecule has 0 aliphatic heterocycles. The Morgan fingerprint density at radius 3 is 2.55 bits per heavy atom. The molecule has 0 spiro atoms. The highest BCUT2D eigenvalue weighted by Gasteiger charge is 2.18. The van der Waals surface area contributed by atoms with Gasteiger partial charge >= 0.3 is 0 Å². The van der Waals surface area contributed by atoms with Crippen LogP contribution in [0.1, 0.15) is 13.8 Å². The van der Waals surface area contributed by atoms with Gasteiger partial charge in [-0.3, -0.25) is 4.79 Å². The van der Waals surface area contributed by atoms with Gasteiger partial charge in [0.15, 0.2) is 6.61 Å². The van der Waals surface area contributed by atoms with Crippen LogP contribution in [0.25, 0.3) is 10.8 Å².